The number of hydrogen-bond donors (Lipinski definition) is 1. The van der Waals surface area contributed by atoms with Gasteiger partial charge in [0.05, 0.1) is 0 Å². The second kappa shape index (κ2) is 3.96. The lowest BCUT2D eigenvalue weighted by Gasteiger charge is -2.64. The van der Waals surface area contributed by atoms with E-state index < -0.39 is 0 Å². The lowest BCUT2D eigenvalue weighted by molar-refractivity contribution is -0.112. The van der Waals surface area contributed by atoms with E-state index in [0.29, 0.717) is 10.8 Å². The molecule has 1 heterocycles. The number of rotatable bonds is 3. The molecule has 0 amide bonds. The molecule has 20 heavy (non-hydrogen) atoms. The van der Waals surface area contributed by atoms with Crippen LogP contribution in [0.1, 0.15) is 65.1 Å². The zero-order valence-electron chi connectivity index (χ0n) is 12.8. The van der Waals surface area contributed by atoms with Crippen molar-refractivity contribution in [2.24, 2.45) is 16.7 Å². The minimum absolute atomic E-state index is 0.285. The van der Waals surface area contributed by atoms with Gasteiger partial charge in [-0.15, -0.1) is 0 Å². The van der Waals surface area contributed by atoms with Crippen LogP contribution in [0.15, 0.2) is 0 Å². The fourth-order valence-corrected chi connectivity index (χ4v) is 7.10. The van der Waals surface area contributed by atoms with Gasteiger partial charge in [0.1, 0.15) is 0 Å². The Morgan fingerprint density at radius 3 is 2.45 bits per heavy atom. The number of anilines is 1. The highest BCUT2D eigenvalue weighted by atomic mass is 32.1. The van der Waals surface area contributed by atoms with Crippen LogP contribution in [0.3, 0.4) is 0 Å². The first-order valence-electron chi connectivity index (χ1n) is 8.02. The van der Waals surface area contributed by atoms with Crippen molar-refractivity contribution < 1.29 is 0 Å². The number of nitrogens with one attached hydrogen (secondary N) is 1. The smallest absolute Gasteiger partial charge is 0.202 e. The van der Waals surface area contributed by atoms with Crippen molar-refractivity contribution in [2.45, 2.75) is 64.7 Å². The highest BCUT2D eigenvalue weighted by molar-refractivity contribution is 7.09. The summed E-state index contributed by atoms with van der Waals surface area (Å²) in [5.74, 6) is 2.06. The number of hydrogen-bond acceptors (Lipinski definition) is 4. The summed E-state index contributed by atoms with van der Waals surface area (Å²) in [5.41, 5.74) is 1.36. The lowest BCUT2D eigenvalue weighted by atomic mass is 9.40. The Morgan fingerprint density at radius 2 is 1.85 bits per heavy atom. The minimum atomic E-state index is 0.285. The maximum absolute atomic E-state index is 4.85. The molecule has 2 unspecified atom stereocenters. The van der Waals surface area contributed by atoms with E-state index in [9.17, 15) is 0 Å². The molecule has 4 heteroatoms. The summed E-state index contributed by atoms with van der Waals surface area (Å²) in [6.07, 6.45) is 8.26. The zero-order valence-corrected chi connectivity index (χ0v) is 13.6. The normalized spacial score (nSPS) is 45.9. The van der Waals surface area contributed by atoms with E-state index in [0.717, 1.165) is 23.4 Å². The Labute approximate surface area is 125 Å². The molecule has 2 atom stereocenters. The van der Waals surface area contributed by atoms with Crippen LogP contribution in [0, 0.1) is 16.7 Å². The van der Waals surface area contributed by atoms with Gasteiger partial charge in [-0.1, -0.05) is 13.8 Å². The van der Waals surface area contributed by atoms with E-state index in [1.807, 2.05) is 0 Å². The van der Waals surface area contributed by atoms with Gasteiger partial charge >= 0.3 is 0 Å². The van der Waals surface area contributed by atoms with Crippen LogP contribution in [0.2, 0.25) is 0 Å². The molecule has 4 saturated carbocycles. The topological polar surface area (TPSA) is 37.8 Å². The molecule has 1 aromatic heterocycles. The van der Waals surface area contributed by atoms with Crippen LogP contribution in [0.5, 0.6) is 0 Å². The fraction of sp³-hybridized carbons (Fsp3) is 0.875. The Balaban J connectivity index is 1.72. The summed E-state index contributed by atoms with van der Waals surface area (Å²) < 4.78 is 4.76. The summed E-state index contributed by atoms with van der Waals surface area (Å²) in [5, 5.41) is 4.33. The molecule has 4 aliphatic rings. The Bertz CT molecular complexity index is 520. The third kappa shape index (κ3) is 1.83. The van der Waals surface area contributed by atoms with Gasteiger partial charge in [0.2, 0.25) is 5.13 Å². The van der Waals surface area contributed by atoms with Gasteiger partial charge in [-0.05, 0) is 62.2 Å². The van der Waals surface area contributed by atoms with E-state index >= 15 is 0 Å². The first-order chi connectivity index (χ1) is 9.44. The Morgan fingerprint density at radius 1 is 1.15 bits per heavy atom. The van der Waals surface area contributed by atoms with Gasteiger partial charge in [-0.2, -0.15) is 4.37 Å². The third-order valence-electron chi connectivity index (χ3n) is 5.85. The van der Waals surface area contributed by atoms with Crippen LogP contribution in [-0.2, 0) is 5.41 Å². The van der Waals surface area contributed by atoms with Crippen LogP contribution >= 0.6 is 11.5 Å². The molecule has 1 aromatic rings. The zero-order chi connectivity index (χ0) is 14.0. The maximum atomic E-state index is 4.85. The first kappa shape index (κ1) is 13.1. The molecule has 4 bridgehead atoms. The fourth-order valence-electron chi connectivity index (χ4n) is 6.36. The van der Waals surface area contributed by atoms with E-state index in [1.54, 1.807) is 11.5 Å². The van der Waals surface area contributed by atoms with Crippen molar-refractivity contribution in [3.8, 4) is 0 Å². The molecule has 4 fully saturated rings. The van der Waals surface area contributed by atoms with Crippen molar-refractivity contribution in [3.05, 3.63) is 5.82 Å². The second-order valence-electron chi connectivity index (χ2n) is 8.36. The molecule has 0 radical (unpaired) electrons. The van der Waals surface area contributed by atoms with Crippen molar-refractivity contribution in [1.82, 2.24) is 9.36 Å². The highest BCUT2D eigenvalue weighted by Gasteiger charge is 2.61. The lowest BCUT2D eigenvalue weighted by Crippen LogP contribution is -2.57. The standard InChI is InChI=1S/C16H25N3S/c1-4-17-13-18-12(19-20-13)16-7-11-5-14(2,9-16)8-15(3,6-11)10-16/h11H,4-10H2,1-3H3,(H,17,18,19). The van der Waals surface area contributed by atoms with E-state index in [-0.39, 0.29) is 5.41 Å². The Hall–Kier alpha value is -0.640. The quantitative estimate of drug-likeness (QED) is 0.906. The summed E-state index contributed by atoms with van der Waals surface area (Å²) in [7, 11) is 0. The van der Waals surface area contributed by atoms with Crippen molar-refractivity contribution in [2.75, 3.05) is 11.9 Å². The molecule has 0 aromatic carbocycles. The predicted octanol–water partition coefficient (Wildman–Crippen LogP) is 4.22. The summed E-state index contributed by atoms with van der Waals surface area (Å²) in [6, 6.07) is 0. The van der Waals surface area contributed by atoms with Crippen molar-refractivity contribution >= 4 is 16.7 Å². The van der Waals surface area contributed by atoms with Gasteiger partial charge < -0.3 is 5.32 Å². The largest absolute Gasteiger partial charge is 0.361 e. The van der Waals surface area contributed by atoms with Gasteiger partial charge in [0.25, 0.3) is 0 Å². The number of aromatic nitrogens is 2. The van der Waals surface area contributed by atoms with Gasteiger partial charge in [-0.3, -0.25) is 0 Å². The summed E-state index contributed by atoms with van der Waals surface area (Å²) in [6.45, 7) is 8.08. The highest BCUT2D eigenvalue weighted by Crippen LogP contribution is 2.69. The van der Waals surface area contributed by atoms with Crippen molar-refractivity contribution in [3.63, 3.8) is 0 Å². The maximum Gasteiger partial charge on any atom is 0.202 e. The second-order valence-corrected chi connectivity index (χ2v) is 9.12. The van der Waals surface area contributed by atoms with Gasteiger partial charge in [0, 0.05) is 23.5 Å². The molecule has 0 spiro atoms. The third-order valence-corrected chi connectivity index (χ3v) is 6.53. The molecule has 3 nitrogen and oxygen atoms in total. The predicted molar refractivity (Wildman–Crippen MR) is 83.2 cm³/mol. The van der Waals surface area contributed by atoms with E-state index in [4.69, 9.17) is 9.36 Å². The van der Waals surface area contributed by atoms with Crippen LogP contribution < -0.4 is 5.32 Å². The summed E-state index contributed by atoms with van der Waals surface area (Å²) in [4.78, 5) is 4.85. The molecular formula is C16H25N3S. The molecular weight excluding hydrogens is 266 g/mol. The molecule has 5 rings (SSSR count). The SMILES string of the molecule is CCNc1nc(C23CC4CC(C)(CC(C)(C4)C2)C3)ns1. The monoisotopic (exact) mass is 291 g/mol. The van der Waals surface area contributed by atoms with E-state index in [2.05, 4.69) is 26.1 Å². The number of nitrogens with zero attached hydrogens (tertiary/aromatic N) is 2. The molecule has 4 aliphatic carbocycles. The van der Waals surface area contributed by atoms with Gasteiger partial charge in [-0.25, -0.2) is 4.98 Å². The first-order valence-corrected chi connectivity index (χ1v) is 8.80. The van der Waals surface area contributed by atoms with Crippen LogP contribution in [0.25, 0.3) is 0 Å². The molecule has 0 aliphatic heterocycles. The summed E-state index contributed by atoms with van der Waals surface area (Å²) >= 11 is 1.55. The van der Waals surface area contributed by atoms with Crippen LogP contribution in [0.4, 0.5) is 5.13 Å². The molecule has 0 saturated heterocycles. The average molecular weight is 291 g/mol. The van der Waals surface area contributed by atoms with Gasteiger partial charge in [0.15, 0.2) is 5.82 Å². The van der Waals surface area contributed by atoms with Crippen molar-refractivity contribution in [1.29, 1.82) is 0 Å². The average Bonchev–Trinajstić information content (AvgIpc) is 2.73. The van der Waals surface area contributed by atoms with E-state index in [1.165, 1.54) is 38.5 Å². The molecule has 110 valence electrons. The minimum Gasteiger partial charge on any atom is -0.361 e. The van der Waals surface area contributed by atoms with Crippen LogP contribution in [-0.4, -0.2) is 15.9 Å². The molecule has 1 N–H and O–H groups in total. The Kier molecular flexibility index (Phi) is 2.59.